The zero-order valence-electron chi connectivity index (χ0n) is 12.4. The van der Waals surface area contributed by atoms with Crippen molar-refractivity contribution in [2.75, 3.05) is 5.43 Å². The molecular formula is C15H18N6. The highest BCUT2D eigenvalue weighted by molar-refractivity contribution is 6.00. The smallest absolute Gasteiger partial charge is 0.185 e. The van der Waals surface area contributed by atoms with Crippen molar-refractivity contribution in [3.8, 4) is 0 Å². The third-order valence-electron chi connectivity index (χ3n) is 3.22. The van der Waals surface area contributed by atoms with Crippen molar-refractivity contribution in [3.63, 3.8) is 0 Å². The molecular weight excluding hydrogens is 264 g/mol. The fourth-order valence-electron chi connectivity index (χ4n) is 2.39. The molecule has 0 bridgehead atoms. The first kappa shape index (κ1) is 13.5. The summed E-state index contributed by atoms with van der Waals surface area (Å²) in [5.74, 6) is 1.29. The number of aromatic nitrogens is 4. The Bertz CT molecular complexity index is 802. The van der Waals surface area contributed by atoms with Gasteiger partial charge >= 0.3 is 0 Å². The van der Waals surface area contributed by atoms with E-state index in [1.807, 2.05) is 31.2 Å². The monoisotopic (exact) mass is 282 g/mol. The molecule has 6 nitrogen and oxygen atoms in total. The Labute approximate surface area is 122 Å². The number of nitrogens with zero attached hydrogens (tertiary/aromatic N) is 5. The van der Waals surface area contributed by atoms with Gasteiger partial charge in [0.15, 0.2) is 11.5 Å². The summed E-state index contributed by atoms with van der Waals surface area (Å²) in [5.41, 5.74) is 4.88. The Hall–Kier alpha value is -2.50. The second kappa shape index (κ2) is 5.47. The molecule has 2 heterocycles. The number of nitrogens with one attached hydrogen (secondary N) is 1. The molecule has 6 heteroatoms. The summed E-state index contributed by atoms with van der Waals surface area (Å²) in [7, 11) is 0. The fourth-order valence-corrected chi connectivity index (χ4v) is 2.39. The van der Waals surface area contributed by atoms with Crippen LogP contribution in [-0.2, 0) is 0 Å². The molecule has 2 aromatic heterocycles. The highest BCUT2D eigenvalue weighted by atomic mass is 15.4. The number of hydrazone groups is 1. The molecule has 0 spiro atoms. The summed E-state index contributed by atoms with van der Waals surface area (Å²) in [4.78, 5) is 0. The van der Waals surface area contributed by atoms with Crippen LogP contribution in [0.5, 0.6) is 0 Å². The van der Waals surface area contributed by atoms with Gasteiger partial charge in [-0.2, -0.15) is 9.62 Å². The minimum Gasteiger partial charge on any atom is -0.259 e. The van der Waals surface area contributed by atoms with Gasteiger partial charge in [0.25, 0.3) is 0 Å². The van der Waals surface area contributed by atoms with E-state index in [1.54, 1.807) is 10.8 Å². The Kier molecular flexibility index (Phi) is 3.51. The average Bonchev–Trinajstić information content (AvgIpc) is 2.92. The van der Waals surface area contributed by atoms with Crippen LogP contribution in [0.2, 0.25) is 0 Å². The van der Waals surface area contributed by atoms with Gasteiger partial charge < -0.3 is 0 Å². The van der Waals surface area contributed by atoms with Crippen LogP contribution in [0, 0.1) is 5.92 Å². The molecule has 0 unspecified atom stereocenters. The maximum atomic E-state index is 4.49. The first-order chi connectivity index (χ1) is 10.1. The van der Waals surface area contributed by atoms with Crippen molar-refractivity contribution in [1.82, 2.24) is 19.8 Å². The quantitative estimate of drug-likeness (QED) is 0.589. The SMILES string of the molecule is CC(CC(C)C)=NNc1nn2cnnc2c2ccccc12. The normalized spacial score (nSPS) is 12.5. The molecule has 0 atom stereocenters. The van der Waals surface area contributed by atoms with E-state index in [4.69, 9.17) is 0 Å². The highest BCUT2D eigenvalue weighted by Gasteiger charge is 2.09. The topological polar surface area (TPSA) is 67.5 Å². The Morgan fingerprint density at radius 1 is 1.29 bits per heavy atom. The first-order valence-electron chi connectivity index (χ1n) is 7.03. The lowest BCUT2D eigenvalue weighted by Crippen LogP contribution is -2.04. The molecule has 21 heavy (non-hydrogen) atoms. The molecule has 1 N–H and O–H groups in total. The number of hydrogen-bond donors (Lipinski definition) is 1. The summed E-state index contributed by atoms with van der Waals surface area (Å²) in [5, 5.41) is 18.9. The lowest BCUT2D eigenvalue weighted by molar-refractivity contribution is 0.681. The van der Waals surface area contributed by atoms with E-state index >= 15 is 0 Å². The van der Waals surface area contributed by atoms with Crippen LogP contribution in [0.15, 0.2) is 35.7 Å². The average molecular weight is 282 g/mol. The van der Waals surface area contributed by atoms with Gasteiger partial charge in [-0.1, -0.05) is 38.1 Å². The standard InChI is InChI=1S/C15H18N6/c1-10(2)8-11(3)17-18-14-12-6-4-5-7-13(12)15-19-16-9-21(15)20-14/h4-7,9-10H,8H2,1-3H3,(H,18,20). The number of anilines is 1. The number of fused-ring (bicyclic) bond motifs is 3. The third-order valence-corrected chi connectivity index (χ3v) is 3.22. The summed E-state index contributed by atoms with van der Waals surface area (Å²) in [6.07, 6.45) is 2.55. The molecule has 0 aliphatic heterocycles. The summed E-state index contributed by atoms with van der Waals surface area (Å²) < 4.78 is 1.66. The van der Waals surface area contributed by atoms with E-state index in [2.05, 4.69) is 39.7 Å². The van der Waals surface area contributed by atoms with E-state index < -0.39 is 0 Å². The molecule has 0 saturated carbocycles. The minimum absolute atomic E-state index is 0.584. The van der Waals surface area contributed by atoms with Crippen LogP contribution in [0.25, 0.3) is 16.4 Å². The number of hydrogen-bond acceptors (Lipinski definition) is 5. The van der Waals surface area contributed by atoms with E-state index in [9.17, 15) is 0 Å². The summed E-state index contributed by atoms with van der Waals surface area (Å²) in [6, 6.07) is 7.98. The third kappa shape index (κ3) is 2.69. The van der Waals surface area contributed by atoms with Crippen molar-refractivity contribution >= 4 is 27.9 Å². The van der Waals surface area contributed by atoms with Gasteiger partial charge in [0.1, 0.15) is 6.33 Å². The summed E-state index contributed by atoms with van der Waals surface area (Å²) >= 11 is 0. The van der Waals surface area contributed by atoms with Gasteiger partial charge in [-0.3, -0.25) is 5.43 Å². The second-order valence-corrected chi connectivity index (χ2v) is 5.55. The number of benzene rings is 1. The Morgan fingerprint density at radius 3 is 2.81 bits per heavy atom. The van der Waals surface area contributed by atoms with Crippen molar-refractivity contribution < 1.29 is 0 Å². The summed E-state index contributed by atoms with van der Waals surface area (Å²) in [6.45, 7) is 6.37. The lowest BCUT2D eigenvalue weighted by atomic mass is 10.1. The van der Waals surface area contributed by atoms with Crippen LogP contribution in [0.3, 0.4) is 0 Å². The van der Waals surface area contributed by atoms with Crippen LogP contribution in [0.4, 0.5) is 5.82 Å². The Morgan fingerprint density at radius 2 is 2.05 bits per heavy atom. The van der Waals surface area contributed by atoms with Gasteiger partial charge in [0, 0.05) is 16.5 Å². The molecule has 0 saturated heterocycles. The first-order valence-corrected chi connectivity index (χ1v) is 7.03. The Balaban J connectivity index is 2.04. The van der Waals surface area contributed by atoms with Crippen molar-refractivity contribution in [2.24, 2.45) is 11.0 Å². The van der Waals surface area contributed by atoms with E-state index in [1.165, 1.54) is 0 Å². The molecule has 0 radical (unpaired) electrons. The second-order valence-electron chi connectivity index (χ2n) is 5.55. The van der Waals surface area contributed by atoms with Gasteiger partial charge in [0.05, 0.1) is 0 Å². The highest BCUT2D eigenvalue weighted by Crippen LogP contribution is 2.23. The predicted octanol–water partition coefficient (Wildman–Crippen LogP) is 3.11. The number of rotatable bonds is 4. The lowest BCUT2D eigenvalue weighted by Gasteiger charge is -2.08. The van der Waals surface area contributed by atoms with Gasteiger partial charge in [0.2, 0.25) is 0 Å². The van der Waals surface area contributed by atoms with Crippen LogP contribution in [-0.4, -0.2) is 25.5 Å². The van der Waals surface area contributed by atoms with E-state index in [0.717, 1.165) is 28.6 Å². The van der Waals surface area contributed by atoms with Gasteiger partial charge in [-0.05, 0) is 19.3 Å². The zero-order valence-corrected chi connectivity index (χ0v) is 12.4. The molecule has 3 aromatic rings. The maximum Gasteiger partial charge on any atom is 0.185 e. The molecule has 0 aliphatic carbocycles. The zero-order chi connectivity index (χ0) is 14.8. The molecule has 0 aliphatic rings. The fraction of sp³-hybridized carbons (Fsp3) is 0.333. The minimum atomic E-state index is 0.584. The van der Waals surface area contributed by atoms with Crippen LogP contribution in [0.1, 0.15) is 27.2 Å². The van der Waals surface area contributed by atoms with Crippen molar-refractivity contribution in [2.45, 2.75) is 27.2 Å². The van der Waals surface area contributed by atoms with Crippen LogP contribution < -0.4 is 5.43 Å². The van der Waals surface area contributed by atoms with Crippen molar-refractivity contribution in [1.29, 1.82) is 0 Å². The van der Waals surface area contributed by atoms with Gasteiger partial charge in [-0.15, -0.1) is 15.3 Å². The molecule has 0 fully saturated rings. The molecule has 1 aromatic carbocycles. The van der Waals surface area contributed by atoms with Crippen molar-refractivity contribution in [3.05, 3.63) is 30.6 Å². The van der Waals surface area contributed by atoms with Crippen LogP contribution >= 0.6 is 0 Å². The molecule has 0 amide bonds. The largest absolute Gasteiger partial charge is 0.259 e. The molecule has 3 rings (SSSR count). The van der Waals surface area contributed by atoms with E-state index in [-0.39, 0.29) is 0 Å². The van der Waals surface area contributed by atoms with Gasteiger partial charge in [-0.25, -0.2) is 0 Å². The molecule has 108 valence electrons. The maximum absolute atomic E-state index is 4.49. The predicted molar refractivity (Wildman–Crippen MR) is 84.5 cm³/mol. The van der Waals surface area contributed by atoms with E-state index in [0.29, 0.717) is 11.7 Å².